The molecule has 3 aromatic carbocycles. The smallest absolute Gasteiger partial charge is 0.508 e. The number of benzene rings is 3. The number of aryl methyl sites for hydroxylation is 2. The van der Waals surface area contributed by atoms with E-state index in [4.69, 9.17) is 15.6 Å². The van der Waals surface area contributed by atoms with Crippen LogP contribution in [0.4, 0.5) is 24.9 Å². The monoisotopic (exact) mass is 633 g/mol. The first-order valence-electron chi connectivity index (χ1n) is 15.2. The number of Topliss-reactive ketones (excluding diaryl/α,β-unsaturated/α-hetero) is 1. The highest BCUT2D eigenvalue weighted by atomic mass is 19.4. The molecule has 0 amide bonds. The summed E-state index contributed by atoms with van der Waals surface area (Å²) >= 11 is 0. The number of ether oxygens (including phenoxy) is 2. The molecule has 0 bridgehead atoms. The van der Waals surface area contributed by atoms with Gasteiger partial charge >= 0.3 is 6.36 Å². The van der Waals surface area contributed by atoms with E-state index in [2.05, 4.69) is 24.9 Å². The molecule has 0 atom stereocenters. The van der Waals surface area contributed by atoms with E-state index in [1.54, 1.807) is 30.3 Å². The molecule has 0 unspecified atom stereocenters. The number of nitrogen functional groups attached to an aromatic ring is 1. The second kappa shape index (κ2) is 13.3. The van der Waals surface area contributed by atoms with Crippen LogP contribution in [0.1, 0.15) is 45.5 Å². The highest BCUT2D eigenvalue weighted by Crippen LogP contribution is 2.38. The molecule has 7 rings (SSSR count). The number of alkyl halides is 3. The number of hydrogen-bond acceptors (Lipinski definition) is 9. The van der Waals surface area contributed by atoms with Gasteiger partial charge in [-0.05, 0) is 90.9 Å². The molecule has 0 spiro atoms. The number of nitrogens with one attached hydrogen (secondary N) is 1. The average Bonchev–Trinajstić information content (AvgIpc) is 3.04. The first-order chi connectivity index (χ1) is 22.1. The zero-order chi connectivity index (χ0) is 32.3. The van der Waals surface area contributed by atoms with Gasteiger partial charge in [0.2, 0.25) is 5.95 Å². The van der Waals surface area contributed by atoms with Gasteiger partial charge in [0.1, 0.15) is 29.7 Å². The molecule has 0 radical (unpaired) electrons. The SMILES string of the molecule is Nc1nc2c(c(N3CCNCC3)n1)CCc1cc(OCc3ccc(OC(F)(F)F)cc3)ccc1-2.O=C1CCCc2cc(O)ccc21. The molecule has 2 aliphatic carbocycles. The Morgan fingerprint density at radius 3 is 2.35 bits per heavy atom. The fourth-order valence-electron chi connectivity index (χ4n) is 6.02. The molecule has 4 N–H and O–H groups in total. The number of carbonyl (C=O) groups is 1. The van der Waals surface area contributed by atoms with Crippen molar-refractivity contribution in [1.82, 2.24) is 15.3 Å². The summed E-state index contributed by atoms with van der Waals surface area (Å²) in [6.45, 7) is 3.81. The Morgan fingerprint density at radius 2 is 1.59 bits per heavy atom. The number of piperazine rings is 1. The van der Waals surface area contributed by atoms with Gasteiger partial charge in [-0.15, -0.1) is 13.2 Å². The van der Waals surface area contributed by atoms with Crippen molar-refractivity contribution in [3.05, 3.63) is 88.5 Å². The van der Waals surface area contributed by atoms with E-state index in [0.29, 0.717) is 12.2 Å². The number of carbonyl (C=O) groups excluding carboxylic acids is 1. The maximum Gasteiger partial charge on any atom is 0.573 e. The number of anilines is 2. The molecular weight excluding hydrogens is 599 g/mol. The molecule has 3 aliphatic rings. The van der Waals surface area contributed by atoms with Crippen LogP contribution in [0.25, 0.3) is 11.3 Å². The summed E-state index contributed by atoms with van der Waals surface area (Å²) in [5.74, 6) is 2.07. The van der Waals surface area contributed by atoms with Crippen LogP contribution >= 0.6 is 0 Å². The Balaban J connectivity index is 0.000000259. The number of rotatable bonds is 5. The van der Waals surface area contributed by atoms with Crippen LogP contribution in [0.3, 0.4) is 0 Å². The highest BCUT2D eigenvalue weighted by molar-refractivity contribution is 5.98. The lowest BCUT2D eigenvalue weighted by atomic mass is 9.88. The molecule has 9 nitrogen and oxygen atoms in total. The van der Waals surface area contributed by atoms with Crippen molar-refractivity contribution >= 4 is 17.5 Å². The molecule has 46 heavy (non-hydrogen) atoms. The summed E-state index contributed by atoms with van der Waals surface area (Å²) in [6.07, 6.45) is -0.592. The van der Waals surface area contributed by atoms with Gasteiger partial charge in [0.15, 0.2) is 5.78 Å². The van der Waals surface area contributed by atoms with E-state index in [9.17, 15) is 18.0 Å². The number of phenols is 1. The summed E-state index contributed by atoms with van der Waals surface area (Å²) in [5, 5.41) is 12.5. The van der Waals surface area contributed by atoms with Gasteiger partial charge in [0.05, 0.1) is 5.69 Å². The van der Waals surface area contributed by atoms with Crippen LogP contribution in [0.15, 0.2) is 60.7 Å². The van der Waals surface area contributed by atoms with Crippen LogP contribution < -0.4 is 25.4 Å². The second-order valence-corrected chi connectivity index (χ2v) is 11.4. The molecule has 1 aliphatic heterocycles. The molecule has 12 heteroatoms. The first kappa shape index (κ1) is 31.2. The molecule has 0 saturated carbocycles. The number of aromatic hydroxyl groups is 1. The lowest BCUT2D eigenvalue weighted by molar-refractivity contribution is -0.274. The Labute approximate surface area is 264 Å². The zero-order valence-electron chi connectivity index (χ0n) is 25.1. The lowest BCUT2D eigenvalue weighted by Crippen LogP contribution is -2.44. The molecule has 1 saturated heterocycles. The van der Waals surface area contributed by atoms with Crippen molar-refractivity contribution in [2.24, 2.45) is 0 Å². The van der Waals surface area contributed by atoms with Gasteiger partial charge in [-0.2, -0.15) is 4.98 Å². The number of phenolic OH excluding ortho intramolecular Hbond substituents is 1. The third kappa shape index (κ3) is 7.34. The summed E-state index contributed by atoms with van der Waals surface area (Å²) in [6, 6.07) is 16.5. The van der Waals surface area contributed by atoms with Gasteiger partial charge < -0.3 is 30.5 Å². The average molecular weight is 634 g/mol. The fraction of sp³-hybridized carbons (Fsp3) is 0.324. The minimum atomic E-state index is -4.71. The number of hydrogen-bond donors (Lipinski definition) is 3. The molecule has 240 valence electrons. The third-order valence-corrected chi connectivity index (χ3v) is 8.20. The largest absolute Gasteiger partial charge is 0.573 e. The normalized spacial score (nSPS) is 15.5. The van der Waals surface area contributed by atoms with E-state index >= 15 is 0 Å². The van der Waals surface area contributed by atoms with Crippen molar-refractivity contribution in [1.29, 1.82) is 0 Å². The summed E-state index contributed by atoms with van der Waals surface area (Å²) in [5.41, 5.74) is 12.7. The van der Waals surface area contributed by atoms with Crippen LogP contribution in [-0.2, 0) is 25.9 Å². The maximum atomic E-state index is 12.3. The molecule has 1 fully saturated rings. The fourth-order valence-corrected chi connectivity index (χ4v) is 6.02. The van der Waals surface area contributed by atoms with Crippen molar-refractivity contribution in [3.63, 3.8) is 0 Å². The summed E-state index contributed by atoms with van der Waals surface area (Å²) < 4.78 is 46.7. The van der Waals surface area contributed by atoms with Crippen LogP contribution in [0, 0.1) is 0 Å². The number of nitrogens with two attached hydrogens (primary N) is 1. The van der Waals surface area contributed by atoms with E-state index < -0.39 is 6.36 Å². The van der Waals surface area contributed by atoms with Crippen molar-refractivity contribution in [2.45, 2.75) is 45.1 Å². The van der Waals surface area contributed by atoms with E-state index in [1.807, 2.05) is 18.2 Å². The third-order valence-electron chi connectivity index (χ3n) is 8.20. The van der Waals surface area contributed by atoms with Crippen LogP contribution in [-0.4, -0.2) is 53.4 Å². The molecule has 1 aromatic heterocycles. The predicted octanol–water partition coefficient (Wildman–Crippen LogP) is 5.62. The molecule has 4 aromatic rings. The minimum Gasteiger partial charge on any atom is -0.508 e. The minimum absolute atomic E-state index is 0.205. The van der Waals surface area contributed by atoms with Gasteiger partial charge in [-0.3, -0.25) is 4.79 Å². The highest BCUT2D eigenvalue weighted by Gasteiger charge is 2.31. The van der Waals surface area contributed by atoms with Crippen LogP contribution in [0.2, 0.25) is 0 Å². The van der Waals surface area contributed by atoms with Crippen molar-refractivity contribution in [2.75, 3.05) is 36.8 Å². The number of aromatic nitrogens is 2. The van der Waals surface area contributed by atoms with Crippen molar-refractivity contribution < 1.29 is 32.5 Å². The lowest BCUT2D eigenvalue weighted by Gasteiger charge is -2.32. The van der Waals surface area contributed by atoms with E-state index in [1.165, 1.54) is 12.1 Å². The van der Waals surface area contributed by atoms with E-state index in [-0.39, 0.29) is 29.8 Å². The Morgan fingerprint density at radius 1 is 0.870 bits per heavy atom. The number of fused-ring (bicyclic) bond motifs is 4. The van der Waals surface area contributed by atoms with Crippen LogP contribution in [0.5, 0.6) is 17.2 Å². The number of halogens is 3. The molecule has 2 heterocycles. The van der Waals surface area contributed by atoms with Crippen molar-refractivity contribution in [3.8, 4) is 28.5 Å². The van der Waals surface area contributed by atoms with Gasteiger partial charge in [-0.1, -0.05) is 12.1 Å². The van der Waals surface area contributed by atoms with Gasteiger partial charge in [0, 0.05) is 49.3 Å². The Kier molecular flexibility index (Phi) is 8.98. The van der Waals surface area contributed by atoms with Gasteiger partial charge in [-0.25, -0.2) is 4.98 Å². The number of ketones is 1. The standard InChI is InChI=1S/C24H24F3N5O2.C10H10O2/c25-24(26,27)34-17-4-1-15(2-5-17)14-33-18-6-8-19-16(13-18)3-7-20-21(19)30-23(28)31-22(20)32-11-9-29-10-12-32;11-8-4-5-9-7(6-8)2-1-3-10(9)12/h1-2,4-6,8,13,29H,3,7,9-12,14H2,(H2,28,30,31);4-6,11H,1-3H2. The Hall–Kier alpha value is -4.84. The number of nitrogens with zero attached hydrogens (tertiary/aromatic N) is 3. The van der Waals surface area contributed by atoms with E-state index in [0.717, 1.165) is 96.8 Å². The second-order valence-electron chi connectivity index (χ2n) is 11.4. The molecular formula is C34H34F3N5O4. The maximum absolute atomic E-state index is 12.3. The first-order valence-corrected chi connectivity index (χ1v) is 15.2. The topological polar surface area (TPSA) is 123 Å². The summed E-state index contributed by atoms with van der Waals surface area (Å²) in [7, 11) is 0. The predicted molar refractivity (Wildman–Crippen MR) is 167 cm³/mol. The zero-order valence-corrected chi connectivity index (χ0v) is 25.1. The van der Waals surface area contributed by atoms with Gasteiger partial charge in [0.25, 0.3) is 0 Å². The quantitative estimate of drug-likeness (QED) is 0.257. The Bertz CT molecular complexity index is 1720. The summed E-state index contributed by atoms with van der Waals surface area (Å²) in [4.78, 5) is 22.7.